The molecular formula is C25H19NO3. The number of hydrogen-bond donors (Lipinski definition) is 0. The van der Waals surface area contributed by atoms with Gasteiger partial charge in [-0.15, -0.1) is 0 Å². The van der Waals surface area contributed by atoms with Crippen LogP contribution in [0.25, 0.3) is 17.7 Å². The lowest BCUT2D eigenvalue weighted by Gasteiger charge is -2.03. The van der Waals surface area contributed by atoms with E-state index in [-0.39, 0.29) is 0 Å². The van der Waals surface area contributed by atoms with Crippen LogP contribution in [0.2, 0.25) is 0 Å². The summed E-state index contributed by atoms with van der Waals surface area (Å²) in [6.45, 7) is 0. The molecule has 0 saturated heterocycles. The van der Waals surface area contributed by atoms with Crippen molar-refractivity contribution in [3.8, 4) is 17.6 Å². The maximum Gasteiger partial charge on any atom is 0.336 e. The molecule has 0 radical (unpaired) electrons. The normalized spacial score (nSPS) is 11.1. The van der Waals surface area contributed by atoms with Crippen LogP contribution in [0.5, 0.6) is 11.5 Å². The molecule has 0 atom stereocenters. The molecule has 0 unspecified atom stereocenters. The van der Waals surface area contributed by atoms with Gasteiger partial charge in [-0.3, -0.25) is 0 Å². The minimum atomic E-state index is -0.474. The average Bonchev–Trinajstić information content (AvgIpc) is 2.78. The lowest BCUT2D eigenvalue weighted by Crippen LogP contribution is -2.03. The molecule has 29 heavy (non-hydrogen) atoms. The summed E-state index contributed by atoms with van der Waals surface area (Å²) in [5.41, 5.74) is 3.11. The molecule has 142 valence electrons. The van der Waals surface area contributed by atoms with Gasteiger partial charge in [0.15, 0.2) is 0 Å². The van der Waals surface area contributed by atoms with E-state index in [2.05, 4.69) is 6.07 Å². The number of carbonyl (C=O) groups excluding carboxylic acids is 1. The Balaban J connectivity index is 1.65. The average molecular weight is 381 g/mol. The molecule has 0 aromatic heterocycles. The Morgan fingerprint density at radius 2 is 1.66 bits per heavy atom. The fourth-order valence-electron chi connectivity index (χ4n) is 2.66. The topological polar surface area (TPSA) is 59.3 Å². The van der Waals surface area contributed by atoms with E-state index >= 15 is 0 Å². The summed E-state index contributed by atoms with van der Waals surface area (Å²) in [5, 5.41) is 9.40. The van der Waals surface area contributed by atoms with Gasteiger partial charge in [0.1, 0.15) is 11.5 Å². The number of allylic oxidation sites excluding steroid dienone is 1. The smallest absolute Gasteiger partial charge is 0.336 e. The van der Waals surface area contributed by atoms with Crippen LogP contribution in [0.1, 0.15) is 16.7 Å². The maximum atomic E-state index is 12.0. The van der Waals surface area contributed by atoms with Crippen LogP contribution in [0.15, 0.2) is 84.9 Å². The summed E-state index contributed by atoms with van der Waals surface area (Å²) in [4.78, 5) is 12.0. The highest BCUT2D eigenvalue weighted by Gasteiger charge is 2.03. The van der Waals surface area contributed by atoms with Crippen LogP contribution in [-0.2, 0) is 4.79 Å². The second-order valence-electron chi connectivity index (χ2n) is 6.14. The molecule has 0 bridgehead atoms. The molecule has 0 heterocycles. The van der Waals surface area contributed by atoms with Gasteiger partial charge in [0.25, 0.3) is 0 Å². The van der Waals surface area contributed by atoms with Crippen molar-refractivity contribution in [1.29, 1.82) is 5.26 Å². The van der Waals surface area contributed by atoms with E-state index in [1.165, 1.54) is 6.08 Å². The first-order valence-electron chi connectivity index (χ1n) is 8.99. The third-order valence-corrected chi connectivity index (χ3v) is 4.12. The highest BCUT2D eigenvalue weighted by molar-refractivity contribution is 5.90. The van der Waals surface area contributed by atoms with Gasteiger partial charge in [-0.1, -0.05) is 54.6 Å². The molecular weight excluding hydrogens is 362 g/mol. The Labute approximate surface area is 170 Å². The summed E-state index contributed by atoms with van der Waals surface area (Å²) >= 11 is 0. The first kappa shape index (κ1) is 19.7. The Kier molecular flexibility index (Phi) is 6.59. The molecule has 0 aliphatic rings. The summed E-state index contributed by atoms with van der Waals surface area (Å²) in [6, 6.07) is 26.0. The van der Waals surface area contributed by atoms with E-state index in [1.807, 2.05) is 54.6 Å². The fourth-order valence-corrected chi connectivity index (χ4v) is 2.66. The predicted octanol–water partition coefficient (Wildman–Crippen LogP) is 5.38. The zero-order valence-corrected chi connectivity index (χ0v) is 15.9. The molecule has 4 heteroatoms. The van der Waals surface area contributed by atoms with Crippen LogP contribution in [0.4, 0.5) is 0 Å². The van der Waals surface area contributed by atoms with Gasteiger partial charge >= 0.3 is 5.97 Å². The monoisotopic (exact) mass is 381 g/mol. The third kappa shape index (κ3) is 5.69. The largest absolute Gasteiger partial charge is 0.497 e. The second kappa shape index (κ2) is 9.72. The number of carbonyl (C=O) groups is 1. The van der Waals surface area contributed by atoms with Crippen molar-refractivity contribution < 1.29 is 14.3 Å². The number of ether oxygens (including phenoxy) is 2. The van der Waals surface area contributed by atoms with E-state index in [0.717, 1.165) is 22.4 Å². The van der Waals surface area contributed by atoms with Gasteiger partial charge in [-0.2, -0.15) is 5.26 Å². The van der Waals surface area contributed by atoms with Crippen molar-refractivity contribution in [3.05, 3.63) is 102 Å². The Morgan fingerprint density at radius 3 is 2.34 bits per heavy atom. The molecule has 0 amide bonds. The van der Waals surface area contributed by atoms with Crippen LogP contribution >= 0.6 is 0 Å². The number of esters is 1. The van der Waals surface area contributed by atoms with Crippen LogP contribution < -0.4 is 9.47 Å². The lowest BCUT2D eigenvalue weighted by atomic mass is 10.0. The SMILES string of the molecule is COc1cccc(/C=C/C(=O)Oc2ccc(/C=C(/C#N)c3ccccc3)cc2)c1. The zero-order valence-electron chi connectivity index (χ0n) is 15.9. The van der Waals surface area contributed by atoms with Crippen molar-refractivity contribution in [2.24, 2.45) is 0 Å². The number of benzene rings is 3. The van der Waals surface area contributed by atoms with Crippen molar-refractivity contribution in [2.45, 2.75) is 0 Å². The number of methoxy groups -OCH3 is 1. The highest BCUT2D eigenvalue weighted by Crippen LogP contribution is 2.20. The molecule has 0 fully saturated rings. The summed E-state index contributed by atoms with van der Waals surface area (Å²) < 4.78 is 10.5. The minimum absolute atomic E-state index is 0.431. The molecule has 0 N–H and O–H groups in total. The summed E-state index contributed by atoms with van der Waals surface area (Å²) in [6.07, 6.45) is 4.83. The van der Waals surface area contributed by atoms with Gasteiger partial charge in [0.2, 0.25) is 0 Å². The maximum absolute atomic E-state index is 12.0. The van der Waals surface area contributed by atoms with Crippen molar-refractivity contribution in [3.63, 3.8) is 0 Å². The van der Waals surface area contributed by atoms with Crippen molar-refractivity contribution in [2.75, 3.05) is 7.11 Å². The minimum Gasteiger partial charge on any atom is -0.497 e. The zero-order chi connectivity index (χ0) is 20.5. The van der Waals surface area contributed by atoms with Gasteiger partial charge < -0.3 is 9.47 Å². The summed E-state index contributed by atoms with van der Waals surface area (Å²) in [7, 11) is 1.59. The van der Waals surface area contributed by atoms with E-state index < -0.39 is 5.97 Å². The van der Waals surface area contributed by atoms with Crippen molar-refractivity contribution in [1.82, 2.24) is 0 Å². The van der Waals surface area contributed by atoms with Crippen LogP contribution in [0, 0.1) is 11.3 Å². The standard InChI is InChI=1S/C25H19NO3/c1-28-24-9-5-6-19(17-24)12-15-25(27)29-23-13-10-20(11-14-23)16-22(18-26)21-7-3-2-4-8-21/h2-17H,1H3/b15-12+,22-16-. The molecule has 0 saturated carbocycles. The molecule has 3 aromatic rings. The summed E-state index contributed by atoms with van der Waals surface area (Å²) in [5.74, 6) is 0.676. The Morgan fingerprint density at radius 1 is 0.897 bits per heavy atom. The van der Waals surface area contributed by atoms with E-state index in [0.29, 0.717) is 11.3 Å². The Hall–Kier alpha value is -4.10. The van der Waals surface area contributed by atoms with Gasteiger partial charge in [-0.25, -0.2) is 4.79 Å². The van der Waals surface area contributed by atoms with E-state index in [1.54, 1.807) is 43.5 Å². The first-order chi connectivity index (χ1) is 14.2. The highest BCUT2D eigenvalue weighted by atomic mass is 16.5. The molecule has 0 spiro atoms. The molecule has 0 aliphatic carbocycles. The van der Waals surface area contributed by atoms with Crippen molar-refractivity contribution >= 4 is 23.7 Å². The number of hydrogen-bond acceptors (Lipinski definition) is 4. The number of rotatable bonds is 6. The van der Waals surface area contributed by atoms with E-state index in [9.17, 15) is 10.1 Å². The number of nitrogens with zero attached hydrogens (tertiary/aromatic N) is 1. The quantitative estimate of drug-likeness (QED) is 0.189. The fraction of sp³-hybridized carbons (Fsp3) is 0.0400. The molecule has 3 aromatic carbocycles. The second-order valence-corrected chi connectivity index (χ2v) is 6.14. The van der Waals surface area contributed by atoms with Crippen LogP contribution in [-0.4, -0.2) is 13.1 Å². The first-order valence-corrected chi connectivity index (χ1v) is 8.99. The Bertz CT molecular complexity index is 1080. The molecule has 3 rings (SSSR count). The number of nitriles is 1. The third-order valence-electron chi connectivity index (χ3n) is 4.12. The van der Waals surface area contributed by atoms with Crippen LogP contribution in [0.3, 0.4) is 0 Å². The van der Waals surface area contributed by atoms with Gasteiger partial charge in [0.05, 0.1) is 18.8 Å². The molecule has 4 nitrogen and oxygen atoms in total. The predicted molar refractivity (Wildman–Crippen MR) is 114 cm³/mol. The lowest BCUT2D eigenvalue weighted by molar-refractivity contribution is -0.128. The van der Waals surface area contributed by atoms with E-state index in [4.69, 9.17) is 9.47 Å². The van der Waals surface area contributed by atoms with Gasteiger partial charge in [0, 0.05) is 6.08 Å². The molecule has 0 aliphatic heterocycles. The van der Waals surface area contributed by atoms with Gasteiger partial charge in [-0.05, 0) is 53.1 Å².